The zero-order chi connectivity index (χ0) is 10.7. The van der Waals surface area contributed by atoms with E-state index < -0.39 is 0 Å². The SMILES string of the molecule is C=CCc1nn(CC=C)c2ccccc12. The predicted octanol–water partition coefficient (Wildman–Crippen LogP) is 2.95. The van der Waals surface area contributed by atoms with E-state index in [1.807, 2.05) is 29.0 Å². The van der Waals surface area contributed by atoms with Crippen molar-refractivity contribution in [3.05, 3.63) is 55.3 Å². The molecule has 2 nitrogen and oxygen atoms in total. The highest BCUT2D eigenvalue weighted by Crippen LogP contribution is 2.18. The van der Waals surface area contributed by atoms with Gasteiger partial charge in [0.05, 0.1) is 17.8 Å². The van der Waals surface area contributed by atoms with Crippen molar-refractivity contribution in [1.82, 2.24) is 9.78 Å². The van der Waals surface area contributed by atoms with Gasteiger partial charge in [0.1, 0.15) is 0 Å². The number of nitrogens with zero attached hydrogens (tertiary/aromatic N) is 2. The number of aromatic nitrogens is 2. The molecule has 0 saturated heterocycles. The van der Waals surface area contributed by atoms with Crippen LogP contribution in [0, 0.1) is 0 Å². The van der Waals surface area contributed by atoms with Gasteiger partial charge in [0.25, 0.3) is 0 Å². The molecule has 2 rings (SSSR count). The van der Waals surface area contributed by atoms with Gasteiger partial charge in [0.2, 0.25) is 0 Å². The Morgan fingerprint density at radius 3 is 2.73 bits per heavy atom. The smallest absolute Gasteiger partial charge is 0.0740 e. The molecule has 0 N–H and O–H groups in total. The minimum Gasteiger partial charge on any atom is -0.261 e. The highest BCUT2D eigenvalue weighted by atomic mass is 15.3. The second kappa shape index (κ2) is 4.13. The summed E-state index contributed by atoms with van der Waals surface area (Å²) in [4.78, 5) is 0. The summed E-state index contributed by atoms with van der Waals surface area (Å²) in [7, 11) is 0. The maximum absolute atomic E-state index is 4.54. The lowest BCUT2D eigenvalue weighted by Gasteiger charge is -1.96. The van der Waals surface area contributed by atoms with Crippen LogP contribution in [-0.4, -0.2) is 9.78 Å². The van der Waals surface area contributed by atoms with Crippen LogP contribution in [0.5, 0.6) is 0 Å². The van der Waals surface area contributed by atoms with Gasteiger partial charge in [0.15, 0.2) is 0 Å². The predicted molar refractivity (Wildman–Crippen MR) is 63.8 cm³/mol. The molecule has 0 aliphatic heterocycles. The largest absolute Gasteiger partial charge is 0.261 e. The van der Waals surface area contributed by atoms with Crippen molar-refractivity contribution in [3.8, 4) is 0 Å². The van der Waals surface area contributed by atoms with Gasteiger partial charge in [-0.05, 0) is 6.07 Å². The molecule has 0 aliphatic carbocycles. The molecular formula is C13H14N2. The van der Waals surface area contributed by atoms with Gasteiger partial charge in [-0.1, -0.05) is 30.4 Å². The first-order valence-electron chi connectivity index (χ1n) is 5.03. The minimum absolute atomic E-state index is 0.748. The van der Waals surface area contributed by atoms with Crippen molar-refractivity contribution in [2.45, 2.75) is 13.0 Å². The molecule has 0 aliphatic rings. The second-order valence-electron chi connectivity index (χ2n) is 3.43. The zero-order valence-electron chi connectivity index (χ0n) is 8.69. The fourth-order valence-corrected chi connectivity index (χ4v) is 1.75. The van der Waals surface area contributed by atoms with Crippen LogP contribution in [0.1, 0.15) is 5.69 Å². The summed E-state index contributed by atoms with van der Waals surface area (Å²) < 4.78 is 1.97. The first-order valence-corrected chi connectivity index (χ1v) is 5.03. The highest BCUT2D eigenvalue weighted by Gasteiger charge is 2.06. The molecule has 0 amide bonds. The number of para-hydroxylation sites is 1. The van der Waals surface area contributed by atoms with Crippen LogP contribution in [0.15, 0.2) is 49.6 Å². The molecule has 2 heteroatoms. The summed E-state index contributed by atoms with van der Waals surface area (Å²) in [6.45, 7) is 8.23. The third kappa shape index (κ3) is 1.71. The molecular weight excluding hydrogens is 184 g/mol. The van der Waals surface area contributed by atoms with E-state index in [1.165, 1.54) is 5.39 Å². The van der Waals surface area contributed by atoms with E-state index in [1.54, 1.807) is 0 Å². The van der Waals surface area contributed by atoms with Crippen molar-refractivity contribution in [2.24, 2.45) is 0 Å². The Labute approximate surface area is 89.5 Å². The van der Waals surface area contributed by atoms with Gasteiger partial charge >= 0.3 is 0 Å². The third-order valence-corrected chi connectivity index (χ3v) is 2.37. The van der Waals surface area contributed by atoms with Gasteiger partial charge in [0, 0.05) is 11.8 Å². The van der Waals surface area contributed by atoms with Crippen LogP contribution in [-0.2, 0) is 13.0 Å². The van der Waals surface area contributed by atoms with E-state index in [-0.39, 0.29) is 0 Å². The average Bonchev–Trinajstić information content (AvgIpc) is 2.59. The molecule has 0 unspecified atom stereocenters. The summed E-state index contributed by atoms with van der Waals surface area (Å²) in [5.41, 5.74) is 2.25. The van der Waals surface area contributed by atoms with E-state index in [4.69, 9.17) is 0 Å². The first-order chi connectivity index (χ1) is 7.36. The van der Waals surface area contributed by atoms with Crippen LogP contribution in [0.3, 0.4) is 0 Å². The summed E-state index contributed by atoms with van der Waals surface area (Å²) in [6, 6.07) is 8.25. The van der Waals surface area contributed by atoms with Gasteiger partial charge < -0.3 is 0 Å². The Balaban J connectivity index is 2.61. The molecule has 0 fully saturated rings. The molecule has 2 aromatic rings. The number of hydrogen-bond acceptors (Lipinski definition) is 1. The number of benzene rings is 1. The highest BCUT2D eigenvalue weighted by molar-refractivity contribution is 5.82. The molecule has 0 bridgehead atoms. The van der Waals surface area contributed by atoms with E-state index >= 15 is 0 Å². The van der Waals surface area contributed by atoms with Crippen molar-refractivity contribution in [1.29, 1.82) is 0 Å². The van der Waals surface area contributed by atoms with E-state index in [9.17, 15) is 0 Å². The average molecular weight is 198 g/mol. The topological polar surface area (TPSA) is 17.8 Å². The Morgan fingerprint density at radius 1 is 1.20 bits per heavy atom. The Morgan fingerprint density at radius 2 is 2.00 bits per heavy atom. The molecule has 76 valence electrons. The molecule has 1 aromatic carbocycles. The molecule has 0 atom stereocenters. The lowest BCUT2D eigenvalue weighted by Crippen LogP contribution is -1.97. The molecule has 15 heavy (non-hydrogen) atoms. The van der Waals surface area contributed by atoms with Crippen molar-refractivity contribution >= 4 is 10.9 Å². The Kier molecular flexibility index (Phi) is 2.68. The van der Waals surface area contributed by atoms with Gasteiger partial charge in [-0.3, -0.25) is 4.68 Å². The van der Waals surface area contributed by atoms with Crippen LogP contribution in [0.25, 0.3) is 10.9 Å². The zero-order valence-corrected chi connectivity index (χ0v) is 8.69. The molecule has 0 saturated carbocycles. The van der Waals surface area contributed by atoms with Gasteiger partial charge in [-0.2, -0.15) is 5.10 Å². The van der Waals surface area contributed by atoms with Crippen LogP contribution < -0.4 is 0 Å². The summed E-state index contributed by atoms with van der Waals surface area (Å²) in [5.74, 6) is 0. The fraction of sp³-hybridized carbons (Fsp3) is 0.154. The Hall–Kier alpha value is -1.83. The standard InChI is InChI=1S/C13H14N2/c1-3-7-12-11-8-5-6-9-13(11)15(14-12)10-4-2/h3-6,8-9H,1-2,7,10H2. The number of fused-ring (bicyclic) bond motifs is 1. The monoisotopic (exact) mass is 198 g/mol. The molecule has 0 radical (unpaired) electrons. The quantitative estimate of drug-likeness (QED) is 0.691. The summed E-state index contributed by atoms with van der Waals surface area (Å²) in [5, 5.41) is 5.75. The third-order valence-electron chi connectivity index (χ3n) is 2.37. The normalized spacial score (nSPS) is 10.4. The second-order valence-corrected chi connectivity index (χ2v) is 3.43. The Bertz CT molecular complexity index is 450. The van der Waals surface area contributed by atoms with E-state index in [2.05, 4.69) is 30.4 Å². The lowest BCUT2D eigenvalue weighted by molar-refractivity contribution is 0.715. The van der Waals surface area contributed by atoms with E-state index in [0.717, 1.165) is 24.2 Å². The van der Waals surface area contributed by atoms with Crippen molar-refractivity contribution in [2.75, 3.05) is 0 Å². The lowest BCUT2D eigenvalue weighted by atomic mass is 10.2. The van der Waals surface area contributed by atoms with Gasteiger partial charge in [-0.15, -0.1) is 13.2 Å². The van der Waals surface area contributed by atoms with Crippen molar-refractivity contribution in [3.63, 3.8) is 0 Å². The van der Waals surface area contributed by atoms with Crippen LogP contribution >= 0.6 is 0 Å². The molecule has 0 spiro atoms. The molecule has 1 heterocycles. The minimum atomic E-state index is 0.748. The number of rotatable bonds is 4. The maximum Gasteiger partial charge on any atom is 0.0740 e. The van der Waals surface area contributed by atoms with Crippen LogP contribution in [0.2, 0.25) is 0 Å². The summed E-state index contributed by atoms with van der Waals surface area (Å²) in [6.07, 6.45) is 4.55. The number of allylic oxidation sites excluding steroid dienone is 2. The molecule has 1 aromatic heterocycles. The first kappa shape index (κ1) is 9.71. The van der Waals surface area contributed by atoms with Crippen LogP contribution in [0.4, 0.5) is 0 Å². The summed E-state index contributed by atoms with van der Waals surface area (Å²) >= 11 is 0. The van der Waals surface area contributed by atoms with E-state index in [0.29, 0.717) is 0 Å². The van der Waals surface area contributed by atoms with Crippen molar-refractivity contribution < 1.29 is 0 Å². The fourth-order valence-electron chi connectivity index (χ4n) is 1.75. The maximum atomic E-state index is 4.54. The number of hydrogen-bond donors (Lipinski definition) is 0. The van der Waals surface area contributed by atoms with Gasteiger partial charge in [-0.25, -0.2) is 0 Å².